The van der Waals surface area contributed by atoms with Crippen LogP contribution in [-0.2, 0) is 11.8 Å². The standard InChI is InChI=1S/C29H27N5O2/c1-20(22-10-8-21(17-30)9-11-22)18-32-28(23-6-4-3-5-7-23)29(36)33-26-13-12-25(19-31-26)24-14-15-34(2)27(35)16-24/h3-16,19-20,28,32H,18H2,1-2H3,(H,31,33,36)/t20?,28-/m0/s1. The van der Waals surface area contributed by atoms with Gasteiger partial charge in [-0.05, 0) is 52.9 Å². The number of carbonyl (C=O) groups excluding carboxylic acids is 1. The highest BCUT2D eigenvalue weighted by Crippen LogP contribution is 2.21. The first-order valence-electron chi connectivity index (χ1n) is 11.7. The zero-order valence-electron chi connectivity index (χ0n) is 20.2. The van der Waals surface area contributed by atoms with Gasteiger partial charge < -0.3 is 15.2 Å². The third-order valence-corrected chi connectivity index (χ3v) is 6.08. The van der Waals surface area contributed by atoms with Gasteiger partial charge in [0.1, 0.15) is 11.9 Å². The molecule has 0 aliphatic rings. The Kier molecular flexibility index (Phi) is 7.69. The molecule has 4 aromatic rings. The Hall–Kier alpha value is -4.54. The van der Waals surface area contributed by atoms with E-state index in [9.17, 15) is 9.59 Å². The van der Waals surface area contributed by atoms with Gasteiger partial charge in [0.15, 0.2) is 0 Å². The molecule has 0 spiro atoms. The summed E-state index contributed by atoms with van der Waals surface area (Å²) in [6.45, 7) is 2.64. The lowest BCUT2D eigenvalue weighted by Gasteiger charge is -2.21. The van der Waals surface area contributed by atoms with Crippen molar-refractivity contribution in [3.05, 3.63) is 118 Å². The van der Waals surface area contributed by atoms with Crippen LogP contribution in [0.25, 0.3) is 11.1 Å². The number of nitrogens with zero attached hydrogens (tertiary/aromatic N) is 3. The second-order valence-corrected chi connectivity index (χ2v) is 8.67. The highest BCUT2D eigenvalue weighted by molar-refractivity contribution is 5.95. The average molecular weight is 478 g/mol. The zero-order valence-corrected chi connectivity index (χ0v) is 20.2. The van der Waals surface area contributed by atoms with Gasteiger partial charge in [-0.25, -0.2) is 4.98 Å². The summed E-state index contributed by atoms with van der Waals surface area (Å²) in [5.41, 5.74) is 4.01. The highest BCUT2D eigenvalue weighted by atomic mass is 16.2. The van der Waals surface area contributed by atoms with Crippen LogP contribution in [0.3, 0.4) is 0 Å². The molecule has 0 bridgehead atoms. The Balaban J connectivity index is 1.47. The number of rotatable bonds is 8. The van der Waals surface area contributed by atoms with Gasteiger partial charge in [-0.3, -0.25) is 9.59 Å². The fraction of sp³-hybridized carbons (Fsp3) is 0.172. The van der Waals surface area contributed by atoms with Gasteiger partial charge in [0.2, 0.25) is 5.91 Å². The number of anilines is 1. The summed E-state index contributed by atoms with van der Waals surface area (Å²) in [5.74, 6) is 0.338. The van der Waals surface area contributed by atoms with Crippen LogP contribution in [0.1, 0.15) is 35.6 Å². The number of aromatic nitrogens is 2. The molecule has 0 saturated heterocycles. The Morgan fingerprint density at radius 1 is 1.00 bits per heavy atom. The Morgan fingerprint density at radius 2 is 1.75 bits per heavy atom. The smallest absolute Gasteiger partial charge is 0.250 e. The number of hydrogen-bond donors (Lipinski definition) is 2. The number of nitrogens with one attached hydrogen (secondary N) is 2. The molecule has 180 valence electrons. The molecule has 0 aliphatic carbocycles. The van der Waals surface area contributed by atoms with E-state index < -0.39 is 6.04 Å². The van der Waals surface area contributed by atoms with Crippen LogP contribution < -0.4 is 16.2 Å². The normalized spacial score (nSPS) is 12.4. The number of aryl methyl sites for hydroxylation is 1. The molecule has 1 unspecified atom stereocenters. The molecule has 2 aromatic heterocycles. The number of nitriles is 1. The first-order valence-corrected chi connectivity index (χ1v) is 11.7. The van der Waals surface area contributed by atoms with Crippen LogP contribution in [0, 0.1) is 11.3 Å². The Morgan fingerprint density at radius 3 is 2.39 bits per heavy atom. The average Bonchev–Trinajstić information content (AvgIpc) is 2.91. The summed E-state index contributed by atoms with van der Waals surface area (Å²) in [6.07, 6.45) is 3.35. The van der Waals surface area contributed by atoms with Gasteiger partial charge >= 0.3 is 0 Å². The highest BCUT2D eigenvalue weighted by Gasteiger charge is 2.21. The van der Waals surface area contributed by atoms with Crippen LogP contribution in [-0.4, -0.2) is 22.0 Å². The van der Waals surface area contributed by atoms with Crippen LogP contribution in [0.2, 0.25) is 0 Å². The zero-order chi connectivity index (χ0) is 25.5. The SMILES string of the molecule is CC(CN[C@H](C(=O)Nc1ccc(-c2ccn(C)c(=O)c2)cn1)c1ccccc1)c1ccc(C#N)cc1. The number of pyridine rings is 2. The summed E-state index contributed by atoms with van der Waals surface area (Å²) in [6, 6.07) is 25.5. The maximum atomic E-state index is 13.3. The van der Waals surface area contributed by atoms with Gasteiger partial charge in [0.05, 0.1) is 11.6 Å². The largest absolute Gasteiger partial charge is 0.319 e. The van der Waals surface area contributed by atoms with Crippen LogP contribution in [0.5, 0.6) is 0 Å². The van der Waals surface area contributed by atoms with Crippen LogP contribution in [0.4, 0.5) is 5.82 Å². The molecule has 2 aromatic carbocycles. The Bertz CT molecular complexity index is 1420. The van der Waals surface area contributed by atoms with Crippen molar-refractivity contribution < 1.29 is 4.79 Å². The first-order chi connectivity index (χ1) is 17.4. The second kappa shape index (κ2) is 11.3. The second-order valence-electron chi connectivity index (χ2n) is 8.67. The number of carbonyl (C=O) groups is 1. The third kappa shape index (κ3) is 5.93. The fourth-order valence-corrected chi connectivity index (χ4v) is 3.87. The fourth-order valence-electron chi connectivity index (χ4n) is 3.87. The van der Waals surface area contributed by atoms with E-state index in [1.807, 2.05) is 54.6 Å². The van der Waals surface area contributed by atoms with Crippen molar-refractivity contribution in [2.75, 3.05) is 11.9 Å². The van der Waals surface area contributed by atoms with E-state index in [0.717, 1.165) is 22.3 Å². The molecule has 4 rings (SSSR count). The first kappa shape index (κ1) is 24.6. The molecule has 2 heterocycles. The van der Waals surface area contributed by atoms with Crippen molar-refractivity contribution in [1.82, 2.24) is 14.9 Å². The lowest BCUT2D eigenvalue weighted by atomic mass is 9.98. The van der Waals surface area contributed by atoms with Crippen molar-refractivity contribution in [3.8, 4) is 17.2 Å². The quantitative estimate of drug-likeness (QED) is 0.392. The molecular formula is C29H27N5O2. The molecular weight excluding hydrogens is 450 g/mol. The maximum absolute atomic E-state index is 13.3. The van der Waals surface area contributed by atoms with Crippen molar-refractivity contribution in [1.29, 1.82) is 5.26 Å². The van der Waals surface area contributed by atoms with Gasteiger partial charge in [-0.1, -0.05) is 49.4 Å². The topological polar surface area (TPSA) is 99.8 Å². The van der Waals surface area contributed by atoms with E-state index in [2.05, 4.69) is 28.6 Å². The van der Waals surface area contributed by atoms with Crippen LogP contribution in [0.15, 0.2) is 96.1 Å². The molecule has 2 atom stereocenters. The monoisotopic (exact) mass is 477 g/mol. The molecule has 0 aliphatic heterocycles. The number of benzene rings is 2. The van der Waals surface area contributed by atoms with Gasteiger partial charge in [-0.15, -0.1) is 0 Å². The summed E-state index contributed by atoms with van der Waals surface area (Å²) < 4.78 is 1.50. The van der Waals surface area contributed by atoms with Crippen molar-refractivity contribution in [3.63, 3.8) is 0 Å². The van der Waals surface area contributed by atoms with E-state index in [4.69, 9.17) is 5.26 Å². The molecule has 1 amide bonds. The number of hydrogen-bond acceptors (Lipinski definition) is 5. The van der Waals surface area contributed by atoms with E-state index in [0.29, 0.717) is 17.9 Å². The van der Waals surface area contributed by atoms with Crippen LogP contribution >= 0.6 is 0 Å². The summed E-state index contributed by atoms with van der Waals surface area (Å²) in [7, 11) is 1.70. The lowest BCUT2D eigenvalue weighted by molar-refractivity contribution is -0.118. The molecule has 0 saturated carbocycles. The van der Waals surface area contributed by atoms with E-state index in [1.165, 1.54) is 4.57 Å². The molecule has 7 nitrogen and oxygen atoms in total. The number of amides is 1. The minimum atomic E-state index is -0.578. The summed E-state index contributed by atoms with van der Waals surface area (Å²) in [5, 5.41) is 15.3. The van der Waals surface area contributed by atoms with Crippen molar-refractivity contribution in [2.24, 2.45) is 7.05 Å². The predicted molar refractivity (Wildman–Crippen MR) is 140 cm³/mol. The van der Waals surface area contributed by atoms with E-state index >= 15 is 0 Å². The minimum Gasteiger partial charge on any atom is -0.319 e. The van der Waals surface area contributed by atoms with E-state index in [-0.39, 0.29) is 17.4 Å². The summed E-state index contributed by atoms with van der Waals surface area (Å²) >= 11 is 0. The third-order valence-electron chi connectivity index (χ3n) is 6.08. The molecule has 7 heteroatoms. The van der Waals surface area contributed by atoms with Crippen molar-refractivity contribution in [2.45, 2.75) is 18.9 Å². The summed E-state index contributed by atoms with van der Waals surface area (Å²) in [4.78, 5) is 29.6. The van der Waals surface area contributed by atoms with Crippen molar-refractivity contribution >= 4 is 11.7 Å². The predicted octanol–water partition coefficient (Wildman–Crippen LogP) is 4.39. The van der Waals surface area contributed by atoms with Gasteiger partial charge in [0.25, 0.3) is 5.56 Å². The molecule has 0 radical (unpaired) electrons. The van der Waals surface area contributed by atoms with Gasteiger partial charge in [0, 0.05) is 37.6 Å². The van der Waals surface area contributed by atoms with E-state index in [1.54, 1.807) is 43.7 Å². The van der Waals surface area contributed by atoms with Gasteiger partial charge in [-0.2, -0.15) is 5.26 Å². The molecule has 0 fully saturated rings. The molecule has 2 N–H and O–H groups in total. The molecule has 36 heavy (non-hydrogen) atoms. The minimum absolute atomic E-state index is 0.100. The maximum Gasteiger partial charge on any atom is 0.250 e. The lowest BCUT2D eigenvalue weighted by Crippen LogP contribution is -2.35. The Labute approximate surface area is 210 Å².